The Balaban J connectivity index is 3.57. The van der Waals surface area contributed by atoms with Crippen LogP contribution in [0.3, 0.4) is 0 Å². The van der Waals surface area contributed by atoms with Crippen LogP contribution in [0.25, 0.3) is 0 Å². The molecule has 0 atom stereocenters. The third-order valence-corrected chi connectivity index (χ3v) is 4.24. The van der Waals surface area contributed by atoms with Gasteiger partial charge >= 0.3 is 5.97 Å². The van der Waals surface area contributed by atoms with Crippen molar-refractivity contribution < 1.29 is 23.4 Å². The number of aryl methyl sites for hydroxylation is 1. The number of aromatic hydroxyl groups is 1. The molecule has 6 nitrogen and oxygen atoms in total. The lowest BCUT2D eigenvalue weighted by molar-refractivity contribution is 0.0693. The van der Waals surface area contributed by atoms with Crippen LogP contribution in [0.1, 0.15) is 15.9 Å². The maximum absolute atomic E-state index is 11.9. The van der Waals surface area contributed by atoms with Gasteiger partial charge < -0.3 is 10.2 Å². The van der Waals surface area contributed by atoms with Crippen molar-refractivity contribution in [2.75, 3.05) is 14.1 Å². The molecule has 0 bridgehead atoms. The molecular formula is C10H13NO5S. The summed E-state index contributed by atoms with van der Waals surface area (Å²) in [6.45, 7) is 1.49. The summed E-state index contributed by atoms with van der Waals surface area (Å²) in [4.78, 5) is 10.7. The second-order valence-electron chi connectivity index (χ2n) is 3.73. The van der Waals surface area contributed by atoms with Gasteiger partial charge in [0.25, 0.3) is 0 Å². The Morgan fingerprint density at radius 3 is 2.24 bits per heavy atom. The molecule has 0 unspecified atom stereocenters. The molecule has 0 spiro atoms. The van der Waals surface area contributed by atoms with Crippen LogP contribution in [0.2, 0.25) is 0 Å². The summed E-state index contributed by atoms with van der Waals surface area (Å²) in [6.07, 6.45) is 0. The number of hydrogen-bond donors (Lipinski definition) is 2. The van der Waals surface area contributed by atoms with Gasteiger partial charge in [-0.3, -0.25) is 0 Å². The van der Waals surface area contributed by atoms with Crippen LogP contribution in [-0.2, 0) is 10.0 Å². The zero-order chi connectivity index (χ0) is 13.4. The average Bonchev–Trinajstić information content (AvgIpc) is 2.15. The van der Waals surface area contributed by atoms with Gasteiger partial charge in [0.2, 0.25) is 10.0 Å². The predicted molar refractivity (Wildman–Crippen MR) is 60.7 cm³/mol. The fraction of sp³-hybridized carbons (Fsp3) is 0.300. The van der Waals surface area contributed by atoms with Crippen molar-refractivity contribution in [2.24, 2.45) is 0 Å². The summed E-state index contributed by atoms with van der Waals surface area (Å²) < 4.78 is 24.8. The number of carbonyl (C=O) groups is 1. The third-order valence-electron chi connectivity index (χ3n) is 2.28. The van der Waals surface area contributed by atoms with E-state index in [1.807, 2.05) is 0 Å². The zero-order valence-corrected chi connectivity index (χ0v) is 10.4. The first-order valence-corrected chi connectivity index (χ1v) is 6.11. The largest absolute Gasteiger partial charge is 0.507 e. The van der Waals surface area contributed by atoms with Crippen LogP contribution in [0.15, 0.2) is 17.0 Å². The third kappa shape index (κ3) is 2.40. The van der Waals surface area contributed by atoms with Crippen molar-refractivity contribution in [2.45, 2.75) is 11.8 Å². The van der Waals surface area contributed by atoms with Gasteiger partial charge in [0.05, 0.1) is 4.90 Å². The fourth-order valence-corrected chi connectivity index (χ4v) is 2.44. The van der Waals surface area contributed by atoms with E-state index in [0.717, 1.165) is 16.4 Å². The SMILES string of the molecule is Cc1cc(O)c(C(=O)O)cc1S(=O)(=O)N(C)C. The molecule has 0 fully saturated rings. The second kappa shape index (κ2) is 4.34. The Morgan fingerprint density at radius 1 is 1.29 bits per heavy atom. The van der Waals surface area contributed by atoms with Gasteiger partial charge in [0.15, 0.2) is 0 Å². The summed E-state index contributed by atoms with van der Waals surface area (Å²) in [6, 6.07) is 2.09. The Bertz CT molecular complexity index is 562. The highest BCUT2D eigenvalue weighted by molar-refractivity contribution is 7.89. The van der Waals surface area contributed by atoms with Crippen LogP contribution in [0.5, 0.6) is 5.75 Å². The zero-order valence-electron chi connectivity index (χ0n) is 9.63. The van der Waals surface area contributed by atoms with Gasteiger partial charge in [-0.2, -0.15) is 0 Å². The fourth-order valence-electron chi connectivity index (χ4n) is 1.32. The van der Waals surface area contributed by atoms with E-state index >= 15 is 0 Å². The molecule has 17 heavy (non-hydrogen) atoms. The van der Waals surface area contributed by atoms with Crippen molar-refractivity contribution in [1.29, 1.82) is 0 Å². The van der Waals surface area contributed by atoms with E-state index in [0.29, 0.717) is 5.56 Å². The number of benzene rings is 1. The molecule has 0 saturated heterocycles. The van der Waals surface area contributed by atoms with Crippen LogP contribution in [0.4, 0.5) is 0 Å². The minimum Gasteiger partial charge on any atom is -0.507 e. The second-order valence-corrected chi connectivity index (χ2v) is 5.85. The molecule has 0 radical (unpaired) electrons. The lowest BCUT2D eigenvalue weighted by atomic mass is 10.1. The molecule has 1 rings (SSSR count). The molecule has 0 aliphatic carbocycles. The van der Waals surface area contributed by atoms with E-state index < -0.39 is 27.3 Å². The van der Waals surface area contributed by atoms with Crippen molar-refractivity contribution in [3.63, 3.8) is 0 Å². The van der Waals surface area contributed by atoms with Gasteiger partial charge in [-0.15, -0.1) is 0 Å². The van der Waals surface area contributed by atoms with E-state index in [9.17, 15) is 18.3 Å². The highest BCUT2D eigenvalue weighted by Crippen LogP contribution is 2.26. The first kappa shape index (κ1) is 13.5. The number of nitrogens with zero attached hydrogens (tertiary/aromatic N) is 1. The van der Waals surface area contributed by atoms with Crippen LogP contribution >= 0.6 is 0 Å². The van der Waals surface area contributed by atoms with Gasteiger partial charge in [0.1, 0.15) is 11.3 Å². The van der Waals surface area contributed by atoms with Crippen molar-refractivity contribution in [1.82, 2.24) is 4.31 Å². The van der Waals surface area contributed by atoms with Crippen molar-refractivity contribution in [3.8, 4) is 5.75 Å². The minimum absolute atomic E-state index is 0.127. The minimum atomic E-state index is -3.72. The van der Waals surface area contributed by atoms with Gasteiger partial charge in [-0.1, -0.05) is 0 Å². The van der Waals surface area contributed by atoms with Crippen LogP contribution in [0, 0.1) is 6.92 Å². The summed E-state index contributed by atoms with van der Waals surface area (Å²) >= 11 is 0. The first-order chi connectivity index (χ1) is 7.67. The van der Waals surface area contributed by atoms with E-state index in [-0.39, 0.29) is 4.90 Å². The van der Waals surface area contributed by atoms with Gasteiger partial charge in [-0.05, 0) is 24.6 Å². The van der Waals surface area contributed by atoms with E-state index in [2.05, 4.69) is 0 Å². The summed E-state index contributed by atoms with van der Waals surface area (Å²) in [5.74, 6) is -1.83. The number of phenols is 1. The molecule has 0 aliphatic heterocycles. The highest BCUT2D eigenvalue weighted by Gasteiger charge is 2.23. The average molecular weight is 259 g/mol. The Labute approximate surface area is 99.2 Å². The molecule has 94 valence electrons. The summed E-state index contributed by atoms with van der Waals surface area (Å²) in [5, 5.41) is 18.2. The lowest BCUT2D eigenvalue weighted by Crippen LogP contribution is -2.23. The molecule has 0 aliphatic rings. The molecule has 7 heteroatoms. The molecule has 1 aromatic carbocycles. The highest BCUT2D eigenvalue weighted by atomic mass is 32.2. The number of carboxylic acid groups (broad SMARTS) is 1. The van der Waals surface area contributed by atoms with Crippen LogP contribution < -0.4 is 0 Å². The first-order valence-electron chi connectivity index (χ1n) is 4.67. The topological polar surface area (TPSA) is 94.9 Å². The van der Waals surface area contributed by atoms with E-state index in [4.69, 9.17) is 5.11 Å². The normalized spacial score (nSPS) is 11.8. The smallest absolute Gasteiger partial charge is 0.339 e. The molecule has 0 saturated carbocycles. The predicted octanol–water partition coefficient (Wildman–Crippen LogP) is 0.649. The number of hydrogen-bond acceptors (Lipinski definition) is 4. The molecule has 0 aromatic heterocycles. The van der Waals surface area contributed by atoms with E-state index in [1.165, 1.54) is 21.0 Å². The molecule has 0 amide bonds. The summed E-state index contributed by atoms with van der Waals surface area (Å²) in [7, 11) is -1.02. The quantitative estimate of drug-likeness (QED) is 0.831. The molecule has 2 N–H and O–H groups in total. The molecular weight excluding hydrogens is 246 g/mol. The molecule has 0 heterocycles. The Hall–Kier alpha value is -1.60. The van der Waals surface area contributed by atoms with Gasteiger partial charge in [-0.25, -0.2) is 17.5 Å². The summed E-state index contributed by atoms with van der Waals surface area (Å²) in [5.41, 5.74) is -0.141. The van der Waals surface area contributed by atoms with Crippen LogP contribution in [-0.4, -0.2) is 43.0 Å². The van der Waals surface area contributed by atoms with E-state index in [1.54, 1.807) is 0 Å². The van der Waals surface area contributed by atoms with Gasteiger partial charge in [0, 0.05) is 14.1 Å². The van der Waals surface area contributed by atoms with Crippen molar-refractivity contribution in [3.05, 3.63) is 23.3 Å². The number of sulfonamides is 1. The monoisotopic (exact) mass is 259 g/mol. The number of carboxylic acids is 1. The van der Waals surface area contributed by atoms with Crippen molar-refractivity contribution >= 4 is 16.0 Å². The molecule has 1 aromatic rings. The number of aromatic carboxylic acids is 1. The number of rotatable bonds is 3. The lowest BCUT2D eigenvalue weighted by Gasteiger charge is -2.14. The maximum Gasteiger partial charge on any atom is 0.339 e. The Morgan fingerprint density at radius 2 is 1.82 bits per heavy atom. The standard InChI is InChI=1S/C10H13NO5S/c1-6-4-8(12)7(10(13)14)5-9(6)17(15,16)11(2)3/h4-5,12H,1-3H3,(H,13,14). The maximum atomic E-state index is 11.9. The Kier molecular flexibility index (Phi) is 3.44.